The van der Waals surface area contributed by atoms with Gasteiger partial charge in [0, 0.05) is 37.7 Å². The molecule has 2 aromatic rings. The minimum absolute atomic E-state index is 0.0698. The molecule has 2 aromatic heterocycles. The molecule has 0 radical (unpaired) electrons. The number of hydrogen-bond acceptors (Lipinski definition) is 3. The second kappa shape index (κ2) is 5.62. The molecule has 1 aliphatic carbocycles. The van der Waals surface area contributed by atoms with Crippen molar-refractivity contribution >= 4 is 16.9 Å². The monoisotopic (exact) mass is 322 g/mol. The first-order valence-corrected chi connectivity index (χ1v) is 8.68. The molecule has 5 nitrogen and oxygen atoms in total. The Bertz CT molecular complexity index is 856. The summed E-state index contributed by atoms with van der Waals surface area (Å²) < 4.78 is 1.79. The second-order valence-electron chi connectivity index (χ2n) is 7.03. The molecule has 3 heterocycles. The van der Waals surface area contributed by atoms with E-state index in [4.69, 9.17) is 11.4 Å². The molecule has 0 spiro atoms. The fourth-order valence-electron chi connectivity index (χ4n) is 3.69. The summed E-state index contributed by atoms with van der Waals surface area (Å²) in [4.78, 5) is 19.9. The standard InChI is InChI=1S/C19H22N4O/c1-4-13-6-5-9-23(11-13)19(24)15-10-16(14-7-8-14)20-18-17(15)12(2)21-22(18)3/h1,10,13-14H,5-9,11H2,2-3H3/t13-/m1/s1. The van der Waals surface area contributed by atoms with Crippen molar-refractivity contribution in [3.63, 3.8) is 0 Å². The number of amides is 1. The quantitative estimate of drug-likeness (QED) is 0.799. The number of carbonyl (C=O) groups excluding carboxylic acids is 1. The van der Waals surface area contributed by atoms with Gasteiger partial charge < -0.3 is 4.90 Å². The number of nitrogens with zero attached hydrogens (tertiary/aromatic N) is 4. The van der Waals surface area contributed by atoms with Crippen LogP contribution in [0.25, 0.3) is 11.0 Å². The molecule has 0 unspecified atom stereocenters. The van der Waals surface area contributed by atoms with Crippen LogP contribution < -0.4 is 0 Å². The summed E-state index contributed by atoms with van der Waals surface area (Å²) in [6.45, 7) is 3.37. The SMILES string of the molecule is C#C[C@@H]1CCCN(C(=O)c2cc(C3CC3)nc3c2c(C)nn3C)C1. The Hall–Kier alpha value is -2.35. The molecule has 1 saturated heterocycles. The first-order valence-electron chi connectivity index (χ1n) is 8.68. The first-order chi connectivity index (χ1) is 11.6. The van der Waals surface area contributed by atoms with Gasteiger partial charge >= 0.3 is 0 Å². The van der Waals surface area contributed by atoms with E-state index >= 15 is 0 Å². The molecule has 0 bridgehead atoms. The van der Waals surface area contributed by atoms with Gasteiger partial charge in [0.1, 0.15) is 0 Å². The van der Waals surface area contributed by atoms with Crippen molar-refractivity contribution in [3.05, 3.63) is 23.0 Å². The van der Waals surface area contributed by atoms with Crippen LogP contribution in [0.15, 0.2) is 6.07 Å². The van der Waals surface area contributed by atoms with E-state index in [2.05, 4.69) is 11.0 Å². The fourth-order valence-corrected chi connectivity index (χ4v) is 3.69. The Balaban J connectivity index is 1.80. The summed E-state index contributed by atoms with van der Waals surface area (Å²) in [7, 11) is 1.89. The van der Waals surface area contributed by atoms with Gasteiger partial charge in [0.2, 0.25) is 0 Å². The summed E-state index contributed by atoms with van der Waals surface area (Å²) in [6, 6.07) is 2.00. The van der Waals surface area contributed by atoms with Crippen molar-refractivity contribution in [2.45, 2.75) is 38.5 Å². The highest BCUT2D eigenvalue weighted by Crippen LogP contribution is 2.40. The van der Waals surface area contributed by atoms with Crippen LogP contribution in [0.5, 0.6) is 0 Å². The average Bonchev–Trinajstić information content (AvgIpc) is 3.41. The Morgan fingerprint density at radius 1 is 1.38 bits per heavy atom. The summed E-state index contributed by atoms with van der Waals surface area (Å²) in [5.74, 6) is 3.54. The van der Waals surface area contributed by atoms with E-state index in [-0.39, 0.29) is 11.8 Å². The van der Waals surface area contributed by atoms with Crippen LogP contribution in [0.4, 0.5) is 0 Å². The highest BCUT2D eigenvalue weighted by atomic mass is 16.2. The highest BCUT2D eigenvalue weighted by molar-refractivity contribution is 6.06. The van der Waals surface area contributed by atoms with Crippen LogP contribution in [-0.2, 0) is 7.05 Å². The normalized spacial score (nSPS) is 21.0. The molecule has 2 fully saturated rings. The maximum Gasteiger partial charge on any atom is 0.254 e. The molecular weight excluding hydrogens is 300 g/mol. The molecule has 24 heavy (non-hydrogen) atoms. The zero-order valence-corrected chi connectivity index (χ0v) is 14.2. The number of aryl methyl sites for hydroxylation is 2. The van der Waals surface area contributed by atoms with Crippen LogP contribution in [0.2, 0.25) is 0 Å². The van der Waals surface area contributed by atoms with Crippen molar-refractivity contribution < 1.29 is 4.79 Å². The summed E-state index contributed by atoms with van der Waals surface area (Å²) in [5.41, 5.74) is 3.44. The van der Waals surface area contributed by atoms with E-state index in [0.717, 1.165) is 60.2 Å². The number of hydrogen-bond donors (Lipinski definition) is 0. The van der Waals surface area contributed by atoms with Crippen molar-refractivity contribution in [2.24, 2.45) is 13.0 Å². The molecule has 1 saturated carbocycles. The van der Waals surface area contributed by atoms with Crippen molar-refractivity contribution in [1.82, 2.24) is 19.7 Å². The van der Waals surface area contributed by atoms with Crippen molar-refractivity contribution in [3.8, 4) is 12.3 Å². The number of piperidine rings is 1. The summed E-state index contributed by atoms with van der Waals surface area (Å²) in [6.07, 6.45) is 9.87. The second-order valence-corrected chi connectivity index (χ2v) is 7.03. The van der Waals surface area contributed by atoms with Gasteiger partial charge in [0.15, 0.2) is 5.65 Å². The number of carbonyl (C=O) groups is 1. The molecule has 1 atom stereocenters. The maximum absolute atomic E-state index is 13.2. The first kappa shape index (κ1) is 15.2. The Labute approximate surface area is 142 Å². The predicted molar refractivity (Wildman–Crippen MR) is 92.7 cm³/mol. The lowest BCUT2D eigenvalue weighted by Crippen LogP contribution is -2.39. The van der Waals surface area contributed by atoms with E-state index in [1.807, 2.05) is 24.9 Å². The number of pyridine rings is 1. The van der Waals surface area contributed by atoms with Gasteiger partial charge in [0.05, 0.1) is 16.6 Å². The number of aromatic nitrogens is 3. The number of fused-ring (bicyclic) bond motifs is 1. The third kappa shape index (κ3) is 2.47. The van der Waals surface area contributed by atoms with Crippen LogP contribution >= 0.6 is 0 Å². The van der Waals surface area contributed by atoms with Gasteiger partial charge in [-0.15, -0.1) is 12.3 Å². The number of rotatable bonds is 2. The lowest BCUT2D eigenvalue weighted by Gasteiger charge is -2.30. The average molecular weight is 322 g/mol. The smallest absolute Gasteiger partial charge is 0.254 e. The zero-order chi connectivity index (χ0) is 16.8. The highest BCUT2D eigenvalue weighted by Gasteiger charge is 2.30. The van der Waals surface area contributed by atoms with E-state index < -0.39 is 0 Å². The van der Waals surface area contributed by atoms with E-state index in [9.17, 15) is 4.79 Å². The molecular formula is C19H22N4O. The zero-order valence-electron chi connectivity index (χ0n) is 14.2. The van der Waals surface area contributed by atoms with Crippen LogP contribution in [0.3, 0.4) is 0 Å². The third-order valence-corrected chi connectivity index (χ3v) is 5.16. The topological polar surface area (TPSA) is 51.0 Å². The van der Waals surface area contributed by atoms with Gasteiger partial charge in [-0.3, -0.25) is 9.48 Å². The molecule has 5 heteroatoms. The van der Waals surface area contributed by atoms with E-state index in [1.54, 1.807) is 4.68 Å². The maximum atomic E-state index is 13.2. The predicted octanol–water partition coefficient (Wildman–Crippen LogP) is 2.64. The number of likely N-dealkylation sites (tertiary alicyclic amines) is 1. The minimum Gasteiger partial charge on any atom is -0.337 e. The van der Waals surface area contributed by atoms with E-state index in [1.165, 1.54) is 0 Å². The van der Waals surface area contributed by atoms with Crippen molar-refractivity contribution in [2.75, 3.05) is 13.1 Å². The van der Waals surface area contributed by atoms with E-state index in [0.29, 0.717) is 12.5 Å². The molecule has 124 valence electrons. The van der Waals surface area contributed by atoms with Crippen LogP contribution in [0.1, 0.15) is 53.3 Å². The molecule has 2 aliphatic rings. The largest absolute Gasteiger partial charge is 0.337 e. The van der Waals surface area contributed by atoms with Gasteiger partial charge in [-0.1, -0.05) is 0 Å². The Morgan fingerprint density at radius 2 is 2.17 bits per heavy atom. The van der Waals surface area contributed by atoms with Crippen molar-refractivity contribution in [1.29, 1.82) is 0 Å². The fraction of sp³-hybridized carbons (Fsp3) is 0.526. The molecule has 4 rings (SSSR count). The van der Waals surface area contributed by atoms with Crippen LogP contribution in [-0.4, -0.2) is 38.7 Å². The number of terminal acetylenes is 1. The Kier molecular flexibility index (Phi) is 3.56. The third-order valence-electron chi connectivity index (χ3n) is 5.16. The Morgan fingerprint density at radius 3 is 2.88 bits per heavy atom. The summed E-state index contributed by atoms with van der Waals surface area (Å²) >= 11 is 0. The molecule has 0 N–H and O–H groups in total. The van der Waals surface area contributed by atoms with Gasteiger partial charge in [-0.2, -0.15) is 5.10 Å². The molecule has 1 aliphatic heterocycles. The lowest BCUT2D eigenvalue weighted by molar-refractivity contribution is 0.0701. The lowest BCUT2D eigenvalue weighted by atomic mass is 9.97. The molecule has 0 aromatic carbocycles. The summed E-state index contributed by atoms with van der Waals surface area (Å²) in [5, 5.41) is 5.37. The van der Waals surface area contributed by atoms with Gasteiger partial charge in [-0.05, 0) is 38.7 Å². The van der Waals surface area contributed by atoms with Gasteiger partial charge in [0.25, 0.3) is 5.91 Å². The van der Waals surface area contributed by atoms with Crippen LogP contribution in [0, 0.1) is 25.2 Å². The van der Waals surface area contributed by atoms with Gasteiger partial charge in [-0.25, -0.2) is 4.98 Å². The minimum atomic E-state index is 0.0698. The molecule has 1 amide bonds.